The van der Waals surface area contributed by atoms with Crippen LogP contribution >= 0.6 is 23.2 Å². The molecule has 16 heavy (non-hydrogen) atoms. The molecule has 2 rings (SSSR count). The molecule has 1 saturated heterocycles. The molecule has 88 valence electrons. The quantitative estimate of drug-likeness (QED) is 0.828. The van der Waals surface area contributed by atoms with Gasteiger partial charge in [0.05, 0.1) is 11.1 Å². The van der Waals surface area contributed by atoms with Gasteiger partial charge >= 0.3 is 0 Å². The molecular weight excluding hydrogens is 245 g/mol. The third kappa shape index (κ3) is 2.48. The van der Waals surface area contributed by atoms with E-state index in [0.717, 1.165) is 18.5 Å². The lowest BCUT2D eigenvalue weighted by Gasteiger charge is -2.35. The van der Waals surface area contributed by atoms with E-state index in [0.29, 0.717) is 16.2 Å². The molecule has 3 nitrogen and oxygen atoms in total. The Balaban J connectivity index is 2.23. The molecule has 0 amide bonds. The Labute approximate surface area is 106 Å². The second kappa shape index (κ2) is 5.32. The number of hydrazine groups is 1. The lowest BCUT2D eigenvalue weighted by atomic mass is 9.98. The monoisotopic (exact) mass is 259 g/mol. The fourth-order valence-electron chi connectivity index (χ4n) is 2.16. The highest BCUT2D eigenvalue weighted by Gasteiger charge is 2.23. The number of nitrogens with one attached hydrogen (secondary N) is 1. The summed E-state index contributed by atoms with van der Waals surface area (Å²) < 4.78 is 0. The topological polar surface area (TPSA) is 28.2 Å². The van der Waals surface area contributed by atoms with Crippen molar-refractivity contribution in [2.75, 3.05) is 13.6 Å². The maximum Gasteiger partial charge on any atom is 0.147 e. The van der Waals surface area contributed by atoms with Crippen LogP contribution in [0.4, 0.5) is 0 Å². The molecule has 1 atom stereocenters. The van der Waals surface area contributed by atoms with Crippen molar-refractivity contribution in [3.05, 3.63) is 28.0 Å². The predicted molar refractivity (Wildman–Crippen MR) is 66.6 cm³/mol. The Hall–Kier alpha value is -0.350. The van der Waals surface area contributed by atoms with Crippen molar-refractivity contribution in [1.82, 2.24) is 15.4 Å². The van der Waals surface area contributed by atoms with Crippen LogP contribution in [-0.2, 0) is 0 Å². The molecule has 0 spiro atoms. The van der Waals surface area contributed by atoms with Crippen LogP contribution in [0.2, 0.25) is 10.2 Å². The maximum atomic E-state index is 5.99. The summed E-state index contributed by atoms with van der Waals surface area (Å²) in [5.74, 6) is 0. The number of nitrogens with zero attached hydrogens (tertiary/aromatic N) is 2. The van der Waals surface area contributed by atoms with Crippen LogP contribution in [0.1, 0.15) is 30.9 Å². The zero-order valence-corrected chi connectivity index (χ0v) is 10.7. The molecule has 0 unspecified atom stereocenters. The van der Waals surface area contributed by atoms with E-state index in [2.05, 4.69) is 15.4 Å². The van der Waals surface area contributed by atoms with Crippen molar-refractivity contribution in [1.29, 1.82) is 0 Å². The van der Waals surface area contributed by atoms with Gasteiger partial charge in [0.25, 0.3) is 0 Å². The third-order valence-corrected chi connectivity index (χ3v) is 3.68. The first-order valence-electron chi connectivity index (χ1n) is 5.47. The van der Waals surface area contributed by atoms with E-state index in [4.69, 9.17) is 23.2 Å². The molecular formula is C11H15Cl2N3. The Bertz CT molecular complexity index is 370. The summed E-state index contributed by atoms with van der Waals surface area (Å²) in [5, 5.41) is 3.13. The summed E-state index contributed by atoms with van der Waals surface area (Å²) in [6, 6.07) is 2.26. The molecule has 1 aliphatic heterocycles. The highest BCUT2D eigenvalue weighted by molar-refractivity contribution is 6.41. The van der Waals surface area contributed by atoms with E-state index in [1.807, 2.05) is 19.3 Å². The molecule has 0 bridgehead atoms. The van der Waals surface area contributed by atoms with Gasteiger partial charge in [0.1, 0.15) is 5.15 Å². The van der Waals surface area contributed by atoms with E-state index in [1.54, 1.807) is 0 Å². The van der Waals surface area contributed by atoms with Gasteiger partial charge in [0, 0.05) is 12.7 Å². The second-order valence-electron chi connectivity index (χ2n) is 3.97. The van der Waals surface area contributed by atoms with Gasteiger partial charge in [0.2, 0.25) is 0 Å². The summed E-state index contributed by atoms with van der Waals surface area (Å²) in [4.78, 5) is 4.10. The van der Waals surface area contributed by atoms with E-state index in [-0.39, 0.29) is 0 Å². The van der Waals surface area contributed by atoms with Gasteiger partial charge in [-0.2, -0.15) is 0 Å². The number of halogens is 2. The highest BCUT2D eigenvalue weighted by atomic mass is 35.5. The predicted octanol–water partition coefficient (Wildman–Crippen LogP) is 3.05. The van der Waals surface area contributed by atoms with Crippen LogP contribution in [0.25, 0.3) is 0 Å². The Morgan fingerprint density at radius 3 is 2.94 bits per heavy atom. The number of aromatic nitrogens is 1. The summed E-state index contributed by atoms with van der Waals surface area (Å²) in [6.07, 6.45) is 5.41. The van der Waals surface area contributed by atoms with E-state index >= 15 is 0 Å². The average molecular weight is 260 g/mol. The smallest absolute Gasteiger partial charge is 0.147 e. The highest BCUT2D eigenvalue weighted by Crippen LogP contribution is 2.31. The van der Waals surface area contributed by atoms with E-state index in [1.165, 1.54) is 12.8 Å². The molecule has 0 aromatic carbocycles. The zero-order chi connectivity index (χ0) is 11.5. The van der Waals surface area contributed by atoms with Gasteiger partial charge in [-0.1, -0.05) is 29.6 Å². The fraction of sp³-hybridized carbons (Fsp3) is 0.545. The number of rotatable bonds is 2. The van der Waals surface area contributed by atoms with Crippen molar-refractivity contribution in [3.8, 4) is 0 Å². The van der Waals surface area contributed by atoms with Crippen molar-refractivity contribution < 1.29 is 0 Å². The standard InChI is InChI=1S/C11H15Cl2N3/c1-14-16-5-3-2-4-10(16)8-6-9(12)11(13)15-7-8/h6-7,10,14H,2-5H2,1H3/t10-/m0/s1. The number of hydrogen-bond acceptors (Lipinski definition) is 3. The molecule has 1 aliphatic rings. The second-order valence-corrected chi connectivity index (χ2v) is 4.74. The molecule has 1 fully saturated rings. The summed E-state index contributed by atoms with van der Waals surface area (Å²) >= 11 is 11.8. The minimum atomic E-state index is 0.348. The Morgan fingerprint density at radius 2 is 2.25 bits per heavy atom. The first-order valence-corrected chi connectivity index (χ1v) is 6.23. The molecule has 1 N–H and O–H groups in total. The van der Waals surface area contributed by atoms with Crippen molar-refractivity contribution in [2.24, 2.45) is 0 Å². The third-order valence-electron chi connectivity index (χ3n) is 2.99. The molecule has 5 heteroatoms. The van der Waals surface area contributed by atoms with Gasteiger partial charge in [0.15, 0.2) is 0 Å². The van der Waals surface area contributed by atoms with Crippen molar-refractivity contribution in [3.63, 3.8) is 0 Å². The summed E-state index contributed by atoms with van der Waals surface area (Å²) in [7, 11) is 1.95. The molecule has 0 radical (unpaired) electrons. The minimum absolute atomic E-state index is 0.348. The number of piperidine rings is 1. The Kier molecular flexibility index (Phi) is 4.03. The van der Waals surface area contributed by atoms with Crippen LogP contribution in [0.5, 0.6) is 0 Å². The van der Waals surface area contributed by atoms with Crippen LogP contribution < -0.4 is 5.43 Å². The van der Waals surface area contributed by atoms with Crippen molar-refractivity contribution in [2.45, 2.75) is 25.3 Å². The fourth-order valence-corrected chi connectivity index (χ4v) is 2.44. The van der Waals surface area contributed by atoms with Crippen LogP contribution in [0.3, 0.4) is 0 Å². The summed E-state index contributed by atoms with van der Waals surface area (Å²) in [5.41, 5.74) is 4.34. The normalized spacial score (nSPS) is 22.3. The molecule has 1 aromatic rings. The minimum Gasteiger partial charge on any atom is -0.258 e. The first kappa shape index (κ1) is 12.1. The van der Waals surface area contributed by atoms with Gasteiger partial charge in [-0.25, -0.2) is 9.99 Å². The molecule has 2 heterocycles. The molecule has 1 aromatic heterocycles. The first-order chi connectivity index (χ1) is 7.72. The van der Waals surface area contributed by atoms with Crippen molar-refractivity contribution >= 4 is 23.2 Å². The summed E-state index contributed by atoms with van der Waals surface area (Å²) in [6.45, 7) is 1.06. The number of hydrogen-bond donors (Lipinski definition) is 1. The van der Waals surface area contributed by atoms with Gasteiger partial charge < -0.3 is 0 Å². The molecule has 0 saturated carbocycles. The maximum absolute atomic E-state index is 5.99. The van der Waals surface area contributed by atoms with Gasteiger partial charge in [-0.05, 0) is 31.5 Å². The van der Waals surface area contributed by atoms with Crippen LogP contribution in [0, 0.1) is 0 Å². The van der Waals surface area contributed by atoms with E-state index in [9.17, 15) is 0 Å². The largest absolute Gasteiger partial charge is 0.258 e. The Morgan fingerprint density at radius 1 is 1.44 bits per heavy atom. The van der Waals surface area contributed by atoms with Crippen LogP contribution in [0.15, 0.2) is 12.3 Å². The number of pyridine rings is 1. The lowest BCUT2D eigenvalue weighted by Crippen LogP contribution is -2.41. The average Bonchev–Trinajstić information content (AvgIpc) is 2.32. The van der Waals surface area contributed by atoms with E-state index < -0.39 is 0 Å². The van der Waals surface area contributed by atoms with Crippen LogP contribution in [-0.4, -0.2) is 23.6 Å². The van der Waals surface area contributed by atoms with Gasteiger partial charge in [-0.3, -0.25) is 5.43 Å². The van der Waals surface area contributed by atoms with Gasteiger partial charge in [-0.15, -0.1) is 0 Å². The zero-order valence-electron chi connectivity index (χ0n) is 9.21. The molecule has 0 aliphatic carbocycles. The SMILES string of the molecule is CNN1CCCC[C@H]1c1cnc(Cl)c(Cl)c1. The lowest BCUT2D eigenvalue weighted by molar-refractivity contribution is 0.0982.